The van der Waals surface area contributed by atoms with Gasteiger partial charge in [0.05, 0.1) is 12.7 Å². The van der Waals surface area contributed by atoms with Crippen molar-refractivity contribution in [2.75, 3.05) is 12.4 Å². The normalized spacial score (nSPS) is 11.6. The Hall–Kier alpha value is -2.96. The SMILES string of the molecule is COc1ccc(C(=O)O[C@H](C)C(=O)Nc2ccc(C)c(F)c2)cc1F. The number of aryl methyl sites for hydroxylation is 1. The number of methoxy groups -OCH3 is 1. The number of amides is 1. The standard InChI is InChI=1S/C18H17F2NO4/c1-10-4-6-13(9-14(10)19)21-17(22)11(2)25-18(23)12-5-7-16(24-3)15(20)8-12/h4-9,11H,1-3H3,(H,21,22)/t11-/m1/s1. The van der Waals surface area contributed by atoms with Crippen molar-refractivity contribution in [1.82, 2.24) is 0 Å². The maximum absolute atomic E-state index is 13.6. The van der Waals surface area contributed by atoms with Crippen molar-refractivity contribution >= 4 is 17.6 Å². The molecule has 0 saturated carbocycles. The van der Waals surface area contributed by atoms with Crippen LogP contribution in [0.4, 0.5) is 14.5 Å². The van der Waals surface area contributed by atoms with Gasteiger partial charge >= 0.3 is 5.97 Å². The Labute approximate surface area is 143 Å². The molecule has 2 rings (SSSR count). The van der Waals surface area contributed by atoms with Crippen molar-refractivity contribution in [3.63, 3.8) is 0 Å². The van der Waals surface area contributed by atoms with E-state index >= 15 is 0 Å². The third-order valence-electron chi connectivity index (χ3n) is 3.48. The van der Waals surface area contributed by atoms with Crippen LogP contribution in [-0.2, 0) is 9.53 Å². The molecule has 0 radical (unpaired) electrons. The van der Waals surface area contributed by atoms with E-state index in [4.69, 9.17) is 9.47 Å². The summed E-state index contributed by atoms with van der Waals surface area (Å²) in [6.07, 6.45) is -1.15. The third-order valence-corrected chi connectivity index (χ3v) is 3.48. The summed E-state index contributed by atoms with van der Waals surface area (Å²) in [6, 6.07) is 7.78. The number of carbonyl (C=O) groups excluding carboxylic acids is 2. The second kappa shape index (κ2) is 7.74. The lowest BCUT2D eigenvalue weighted by Crippen LogP contribution is -2.30. The molecule has 7 heteroatoms. The van der Waals surface area contributed by atoms with Crippen LogP contribution in [0.1, 0.15) is 22.8 Å². The van der Waals surface area contributed by atoms with Gasteiger partial charge in [-0.1, -0.05) is 6.07 Å². The molecule has 132 valence electrons. The Morgan fingerprint density at radius 2 is 1.80 bits per heavy atom. The molecule has 0 aliphatic carbocycles. The van der Waals surface area contributed by atoms with Crippen LogP contribution in [0.25, 0.3) is 0 Å². The lowest BCUT2D eigenvalue weighted by Gasteiger charge is -2.14. The average Bonchev–Trinajstić information content (AvgIpc) is 2.57. The maximum Gasteiger partial charge on any atom is 0.339 e. The van der Waals surface area contributed by atoms with Crippen LogP contribution in [0.2, 0.25) is 0 Å². The van der Waals surface area contributed by atoms with Crippen molar-refractivity contribution in [2.45, 2.75) is 20.0 Å². The number of halogens is 2. The van der Waals surface area contributed by atoms with Gasteiger partial charge in [-0.15, -0.1) is 0 Å². The van der Waals surface area contributed by atoms with Gasteiger partial charge in [-0.25, -0.2) is 13.6 Å². The van der Waals surface area contributed by atoms with Gasteiger partial charge in [0.1, 0.15) is 5.82 Å². The predicted octanol–water partition coefficient (Wildman–Crippen LogP) is 3.47. The molecule has 2 aromatic rings. The first-order valence-electron chi connectivity index (χ1n) is 7.43. The van der Waals surface area contributed by atoms with Crippen molar-refractivity contribution < 1.29 is 27.8 Å². The molecule has 1 atom stereocenters. The molecule has 0 bridgehead atoms. The van der Waals surface area contributed by atoms with E-state index < -0.39 is 29.6 Å². The highest BCUT2D eigenvalue weighted by Gasteiger charge is 2.20. The summed E-state index contributed by atoms with van der Waals surface area (Å²) in [6.45, 7) is 2.96. The number of esters is 1. The summed E-state index contributed by atoms with van der Waals surface area (Å²) in [4.78, 5) is 24.0. The fourth-order valence-corrected chi connectivity index (χ4v) is 1.99. The molecule has 0 heterocycles. The molecule has 0 aromatic heterocycles. The molecule has 1 amide bonds. The number of rotatable bonds is 5. The van der Waals surface area contributed by atoms with Gasteiger partial charge in [0.15, 0.2) is 17.7 Å². The van der Waals surface area contributed by atoms with Crippen LogP contribution in [0, 0.1) is 18.6 Å². The highest BCUT2D eigenvalue weighted by molar-refractivity contribution is 5.97. The predicted molar refractivity (Wildman–Crippen MR) is 87.6 cm³/mol. The van der Waals surface area contributed by atoms with Crippen LogP contribution < -0.4 is 10.1 Å². The van der Waals surface area contributed by atoms with Crippen LogP contribution in [0.15, 0.2) is 36.4 Å². The molecule has 1 N–H and O–H groups in total. The van der Waals surface area contributed by atoms with Crippen molar-refractivity contribution in [3.05, 3.63) is 59.2 Å². The fourth-order valence-electron chi connectivity index (χ4n) is 1.99. The Kier molecular flexibility index (Phi) is 5.69. The van der Waals surface area contributed by atoms with Gasteiger partial charge in [0.2, 0.25) is 0 Å². The van der Waals surface area contributed by atoms with E-state index in [0.29, 0.717) is 5.56 Å². The molecule has 0 aliphatic heterocycles. The molecule has 0 unspecified atom stereocenters. The van der Waals surface area contributed by atoms with Gasteiger partial charge < -0.3 is 14.8 Å². The summed E-state index contributed by atoms with van der Waals surface area (Å²) in [7, 11) is 1.30. The lowest BCUT2D eigenvalue weighted by atomic mass is 10.2. The number of nitrogens with one attached hydrogen (secondary N) is 1. The number of hydrogen-bond donors (Lipinski definition) is 1. The number of benzene rings is 2. The number of hydrogen-bond acceptors (Lipinski definition) is 4. The van der Waals surface area contributed by atoms with Gasteiger partial charge in [-0.05, 0) is 49.7 Å². The van der Waals surface area contributed by atoms with Gasteiger partial charge in [0, 0.05) is 5.69 Å². The van der Waals surface area contributed by atoms with E-state index in [2.05, 4.69) is 5.32 Å². The summed E-state index contributed by atoms with van der Waals surface area (Å²) >= 11 is 0. The zero-order valence-corrected chi connectivity index (χ0v) is 13.9. The van der Waals surface area contributed by atoms with E-state index in [-0.39, 0.29) is 17.0 Å². The first-order valence-corrected chi connectivity index (χ1v) is 7.43. The third kappa shape index (κ3) is 4.53. The van der Waals surface area contributed by atoms with E-state index in [9.17, 15) is 18.4 Å². The quantitative estimate of drug-likeness (QED) is 0.840. The molecular formula is C18H17F2NO4. The second-order valence-corrected chi connectivity index (χ2v) is 5.35. The Balaban J connectivity index is 2.01. The van der Waals surface area contributed by atoms with Gasteiger partial charge in [-0.3, -0.25) is 4.79 Å². The van der Waals surface area contributed by atoms with E-state index in [0.717, 1.165) is 6.07 Å². The molecule has 2 aromatic carbocycles. The monoisotopic (exact) mass is 349 g/mol. The van der Waals surface area contributed by atoms with Crippen molar-refractivity contribution in [1.29, 1.82) is 0 Å². The fraction of sp³-hybridized carbons (Fsp3) is 0.222. The van der Waals surface area contributed by atoms with Crippen LogP contribution in [-0.4, -0.2) is 25.1 Å². The largest absolute Gasteiger partial charge is 0.494 e. The first-order chi connectivity index (χ1) is 11.8. The summed E-state index contributed by atoms with van der Waals surface area (Å²) in [5, 5.41) is 2.45. The van der Waals surface area contributed by atoms with Crippen LogP contribution in [0.3, 0.4) is 0 Å². The minimum Gasteiger partial charge on any atom is -0.494 e. The highest BCUT2D eigenvalue weighted by atomic mass is 19.1. The topological polar surface area (TPSA) is 64.6 Å². The van der Waals surface area contributed by atoms with E-state index in [1.807, 2.05) is 0 Å². The zero-order valence-electron chi connectivity index (χ0n) is 13.9. The number of carbonyl (C=O) groups is 2. The minimum absolute atomic E-state index is 0.0104. The Morgan fingerprint density at radius 3 is 2.40 bits per heavy atom. The summed E-state index contributed by atoms with van der Waals surface area (Å²) in [5.74, 6) is -2.69. The number of anilines is 1. The average molecular weight is 349 g/mol. The maximum atomic E-state index is 13.6. The molecular weight excluding hydrogens is 332 g/mol. The van der Waals surface area contributed by atoms with E-state index in [1.165, 1.54) is 44.4 Å². The summed E-state index contributed by atoms with van der Waals surface area (Å²) < 4.78 is 36.9. The van der Waals surface area contributed by atoms with Crippen LogP contribution >= 0.6 is 0 Å². The molecule has 0 aliphatic rings. The molecule has 0 fully saturated rings. The van der Waals surface area contributed by atoms with Crippen molar-refractivity contribution in [3.8, 4) is 5.75 Å². The Bertz CT molecular complexity index is 808. The van der Waals surface area contributed by atoms with Gasteiger partial charge in [0.25, 0.3) is 5.91 Å². The van der Waals surface area contributed by atoms with E-state index in [1.54, 1.807) is 6.92 Å². The molecule has 25 heavy (non-hydrogen) atoms. The highest BCUT2D eigenvalue weighted by Crippen LogP contribution is 2.19. The molecule has 5 nitrogen and oxygen atoms in total. The lowest BCUT2D eigenvalue weighted by molar-refractivity contribution is -0.123. The smallest absolute Gasteiger partial charge is 0.339 e. The second-order valence-electron chi connectivity index (χ2n) is 5.35. The number of ether oxygens (including phenoxy) is 2. The Morgan fingerprint density at radius 1 is 1.08 bits per heavy atom. The minimum atomic E-state index is -1.15. The first kappa shape index (κ1) is 18.4. The summed E-state index contributed by atoms with van der Waals surface area (Å²) in [5.41, 5.74) is 0.629. The zero-order chi connectivity index (χ0) is 18.6. The van der Waals surface area contributed by atoms with Gasteiger partial charge in [-0.2, -0.15) is 0 Å². The van der Waals surface area contributed by atoms with Crippen molar-refractivity contribution in [2.24, 2.45) is 0 Å². The molecule has 0 spiro atoms. The van der Waals surface area contributed by atoms with Crippen LogP contribution in [0.5, 0.6) is 5.75 Å². The molecule has 0 saturated heterocycles.